The molecule has 0 bridgehead atoms. The first-order valence-electron chi connectivity index (χ1n) is 37.7. The van der Waals surface area contributed by atoms with Gasteiger partial charge in [0.15, 0.2) is 12.2 Å². The molecule has 0 aromatic rings. The van der Waals surface area contributed by atoms with Gasteiger partial charge in [0.2, 0.25) is 0 Å². The van der Waals surface area contributed by atoms with E-state index in [1.54, 1.807) is 12.2 Å². The predicted molar refractivity (Wildman–Crippen MR) is 408 cm³/mol. The predicted octanol–water partition coefficient (Wildman–Crippen LogP) is 21.7. The lowest BCUT2D eigenvalue weighted by Gasteiger charge is -2.21. The molecule has 0 aromatic carbocycles. The first-order chi connectivity index (χ1) is 48.7. The molecule has 100 heavy (non-hydrogen) atoms. The third-order valence-corrected chi connectivity index (χ3v) is 16.9. The van der Waals surface area contributed by atoms with Crippen molar-refractivity contribution in [3.63, 3.8) is 0 Å². The van der Waals surface area contributed by atoms with Crippen LogP contribution in [0.1, 0.15) is 272 Å². The van der Waals surface area contributed by atoms with Crippen molar-refractivity contribution in [2.45, 2.75) is 290 Å². The Morgan fingerprint density at radius 2 is 0.560 bits per heavy atom. The van der Waals surface area contributed by atoms with Gasteiger partial charge < -0.3 is 33.8 Å². The van der Waals surface area contributed by atoms with Gasteiger partial charge in [0.1, 0.15) is 19.3 Å². The highest BCUT2D eigenvalue weighted by molar-refractivity contribution is 7.47. The Kier molecular flexibility index (Phi) is 68.2. The summed E-state index contributed by atoms with van der Waals surface area (Å²) in [4.78, 5) is 72.8. The molecular weight excluding hydrogens is 1310 g/mol. The van der Waals surface area contributed by atoms with Gasteiger partial charge in [-0.1, -0.05) is 263 Å². The van der Waals surface area contributed by atoms with Crippen LogP contribution in [0.5, 0.6) is 0 Å². The van der Waals surface area contributed by atoms with E-state index in [1.165, 1.54) is 12.8 Å². The molecule has 0 saturated heterocycles. The van der Waals surface area contributed by atoms with Gasteiger partial charge in [0, 0.05) is 19.3 Å². The summed E-state index contributed by atoms with van der Waals surface area (Å²) in [6.45, 7) is 4.30. The summed E-state index contributed by atoms with van der Waals surface area (Å²) in [5, 5.41) is 10.6. The van der Waals surface area contributed by atoms with Crippen molar-refractivity contribution in [3.8, 4) is 0 Å². The molecule has 0 amide bonds. The number of aliphatic hydroxyl groups is 1. The van der Waals surface area contributed by atoms with Crippen molar-refractivity contribution in [1.29, 1.82) is 0 Å². The molecule has 0 aromatic heterocycles. The molecule has 5 unspecified atom stereocenters. The monoisotopic (exact) mass is 1440 g/mol. The average Bonchev–Trinajstić information content (AvgIpc) is 1.02. The zero-order valence-electron chi connectivity index (χ0n) is 61.8. The zero-order valence-corrected chi connectivity index (χ0v) is 63.6. The van der Waals surface area contributed by atoms with Crippen LogP contribution in [0.4, 0.5) is 0 Å². The molecule has 0 rings (SSSR count). The van der Waals surface area contributed by atoms with E-state index in [4.69, 9.17) is 37.0 Å². The van der Waals surface area contributed by atoms with Crippen molar-refractivity contribution in [1.82, 2.24) is 0 Å². The highest BCUT2D eigenvalue weighted by Crippen LogP contribution is 2.45. The first-order valence-corrected chi connectivity index (χ1v) is 40.7. The van der Waals surface area contributed by atoms with Crippen LogP contribution in [-0.2, 0) is 65.4 Å². The van der Waals surface area contributed by atoms with E-state index >= 15 is 0 Å². The number of carbonyl (C=O) groups is 4. The Morgan fingerprint density at radius 3 is 0.900 bits per heavy atom. The van der Waals surface area contributed by atoms with Crippen molar-refractivity contribution >= 4 is 39.5 Å². The molecule has 17 nitrogen and oxygen atoms in total. The number of hydrogen-bond donors (Lipinski definition) is 3. The molecule has 0 radical (unpaired) electrons. The van der Waals surface area contributed by atoms with Gasteiger partial charge in [-0.2, -0.15) is 0 Å². The number of unbranched alkanes of at least 4 members (excludes halogenated alkanes) is 18. The molecule has 0 aliphatic heterocycles. The summed E-state index contributed by atoms with van der Waals surface area (Å²) < 4.78 is 68.3. The lowest BCUT2D eigenvalue weighted by molar-refractivity contribution is -0.161. The number of allylic oxidation sites excluding steroid dienone is 25. The van der Waals surface area contributed by atoms with Gasteiger partial charge in [0.05, 0.1) is 32.8 Å². The van der Waals surface area contributed by atoms with Crippen molar-refractivity contribution in [2.75, 3.05) is 39.6 Å². The number of phosphoric acid groups is 2. The van der Waals surface area contributed by atoms with E-state index in [2.05, 4.69) is 161 Å². The number of hydrogen-bond acceptors (Lipinski definition) is 15. The van der Waals surface area contributed by atoms with E-state index < -0.39 is 97.5 Å². The second kappa shape index (κ2) is 72.0. The number of ether oxygens (including phenoxy) is 4. The Morgan fingerprint density at radius 1 is 0.300 bits per heavy atom. The van der Waals surface area contributed by atoms with Gasteiger partial charge in [-0.05, 0) is 141 Å². The number of phosphoric ester groups is 2. The maximum absolute atomic E-state index is 13.1. The number of rotatable bonds is 69. The highest BCUT2D eigenvalue weighted by Gasteiger charge is 2.30. The van der Waals surface area contributed by atoms with Gasteiger partial charge in [0.25, 0.3) is 0 Å². The fourth-order valence-electron chi connectivity index (χ4n) is 9.34. The van der Waals surface area contributed by atoms with Gasteiger partial charge in [-0.15, -0.1) is 0 Å². The van der Waals surface area contributed by atoms with Crippen molar-refractivity contribution in [3.05, 3.63) is 158 Å². The minimum absolute atomic E-state index is 0.0748. The summed E-state index contributed by atoms with van der Waals surface area (Å²) >= 11 is 0. The fourth-order valence-corrected chi connectivity index (χ4v) is 10.9. The molecule has 0 spiro atoms. The molecule has 0 heterocycles. The van der Waals surface area contributed by atoms with Gasteiger partial charge >= 0.3 is 39.5 Å². The summed E-state index contributed by atoms with van der Waals surface area (Å²) in [5.74, 6) is -2.38. The zero-order chi connectivity index (χ0) is 73.2. The Labute approximate surface area is 604 Å². The van der Waals surface area contributed by atoms with E-state index in [-0.39, 0.29) is 25.7 Å². The lowest BCUT2D eigenvalue weighted by atomic mass is 10.1. The Hall–Kier alpha value is -5.32. The topological polar surface area (TPSA) is 237 Å². The van der Waals surface area contributed by atoms with Crippen LogP contribution in [0.3, 0.4) is 0 Å². The van der Waals surface area contributed by atoms with Crippen LogP contribution < -0.4 is 0 Å². The number of carbonyl (C=O) groups excluding carboxylic acids is 4. The minimum atomic E-state index is -5.01. The molecule has 3 N–H and O–H groups in total. The van der Waals surface area contributed by atoms with Crippen LogP contribution in [0.2, 0.25) is 0 Å². The molecule has 19 heteroatoms. The van der Waals surface area contributed by atoms with Gasteiger partial charge in [-0.3, -0.25) is 37.3 Å². The molecule has 0 saturated carbocycles. The van der Waals surface area contributed by atoms with E-state index in [9.17, 15) is 43.2 Å². The van der Waals surface area contributed by atoms with Crippen LogP contribution in [0.15, 0.2) is 158 Å². The molecule has 0 fully saturated rings. The van der Waals surface area contributed by atoms with E-state index in [0.717, 1.165) is 180 Å². The quantitative estimate of drug-likeness (QED) is 0.0169. The maximum atomic E-state index is 13.1. The Bertz CT molecular complexity index is 2520. The average molecular weight is 1440 g/mol. The lowest BCUT2D eigenvalue weighted by Crippen LogP contribution is -2.30. The molecule has 568 valence electrons. The number of esters is 4. The van der Waals surface area contributed by atoms with Crippen LogP contribution >= 0.6 is 15.6 Å². The van der Waals surface area contributed by atoms with Crippen LogP contribution in [0, 0.1) is 0 Å². The second-order valence-corrected chi connectivity index (χ2v) is 27.4. The van der Waals surface area contributed by atoms with Crippen molar-refractivity contribution < 1.29 is 80.2 Å². The van der Waals surface area contributed by atoms with Crippen LogP contribution in [0.25, 0.3) is 0 Å². The summed E-state index contributed by atoms with van der Waals surface area (Å²) in [6.07, 6.45) is 82.7. The number of aliphatic hydroxyl groups excluding tert-OH is 1. The van der Waals surface area contributed by atoms with E-state index in [1.807, 2.05) is 12.2 Å². The first kappa shape index (κ1) is 94.7. The summed E-state index contributed by atoms with van der Waals surface area (Å²) in [5.41, 5.74) is 0. The summed E-state index contributed by atoms with van der Waals surface area (Å²) in [6, 6.07) is 0. The molecular formula is C81H132O17P2. The third-order valence-electron chi connectivity index (χ3n) is 15.0. The SMILES string of the molecule is CC/C=C\C/C=C\C/C=C\C/C=C\C/C=C\CC(=O)OC(COC(=O)CCCCCC/C=C\C/C=C\C/C=C\C/C=C\CC)COP(=O)(O)OCC(O)COP(=O)(O)OCC(COC(=O)CCCCCCCCC/C=C\C/C=C\C/C=C\CC)OC(=O)CCCCCCC/C=C\CCCC. The molecule has 0 aliphatic carbocycles. The normalized spacial score (nSPS) is 14.8. The third kappa shape index (κ3) is 71.1. The molecule has 5 atom stereocenters. The van der Waals surface area contributed by atoms with Crippen LogP contribution in [-0.4, -0.2) is 96.7 Å². The second-order valence-electron chi connectivity index (χ2n) is 24.5. The molecule has 0 aliphatic rings. The largest absolute Gasteiger partial charge is 0.472 e. The fraction of sp³-hybridized carbons (Fsp3) is 0.630. The van der Waals surface area contributed by atoms with Gasteiger partial charge in [-0.25, -0.2) is 9.13 Å². The maximum Gasteiger partial charge on any atom is 0.472 e. The smallest absolute Gasteiger partial charge is 0.462 e. The summed E-state index contributed by atoms with van der Waals surface area (Å²) in [7, 11) is -10.0. The highest BCUT2D eigenvalue weighted by atomic mass is 31.2. The Balaban J connectivity index is 5.43. The minimum Gasteiger partial charge on any atom is -0.462 e. The van der Waals surface area contributed by atoms with Crippen molar-refractivity contribution in [2.24, 2.45) is 0 Å². The van der Waals surface area contributed by atoms with E-state index in [0.29, 0.717) is 25.7 Å². The standard InChI is InChI=1S/C81H132O17P2/c1-5-9-13-17-21-25-29-32-35-37-40-42-46-49-53-57-61-65-78(83)91-71-76(97-80(85)67-63-59-55-51-45-28-24-20-16-12-8-4)73-95-99(87,88)93-69-75(82)70-94-100(89,90)96-74-77(98-81(86)68-64-60-56-52-48-44-39-34-31-27-23-19-15-11-7-3)72-92-79(84)66-62-58-54-50-47-43-41-38-36-33-30-26-22-18-14-10-6-2/h9-11,13-15,20-27,32-36,39,41,43,48,52,60,64,75-77,82H,5-8,12,16-19,28-31,37-38,40,42,44-47,49-51,53-59,61-63,65-74H2,1-4H3,(H,87,88)(H,89,90)/b13-9-,14-10-,15-11-,24-20-,25-21-,26-22-,27-23-,35-32-,36-33-,39-34-,43-41-,52-48-,64-60-.